The molecule has 2 aliphatic rings. The molecular weight excluding hydrogens is 212 g/mol. The highest BCUT2D eigenvalue weighted by Crippen LogP contribution is 2.19. The van der Waals surface area contributed by atoms with Gasteiger partial charge in [-0.3, -0.25) is 4.90 Å². The maximum atomic E-state index is 5.60. The highest BCUT2D eigenvalue weighted by atomic mass is 16.5. The molecule has 0 saturated carbocycles. The van der Waals surface area contributed by atoms with Gasteiger partial charge in [0, 0.05) is 38.3 Å². The molecule has 0 aromatic carbocycles. The highest BCUT2D eigenvalue weighted by molar-refractivity contribution is 4.86. The molecule has 0 aromatic rings. The predicted octanol–water partition coefficient (Wildman–Crippen LogP) is 1.88. The van der Waals surface area contributed by atoms with Gasteiger partial charge in [-0.05, 0) is 31.6 Å². The van der Waals surface area contributed by atoms with Gasteiger partial charge in [-0.2, -0.15) is 0 Å². The van der Waals surface area contributed by atoms with E-state index in [1.165, 1.54) is 45.3 Å². The summed E-state index contributed by atoms with van der Waals surface area (Å²) in [7, 11) is 0. The van der Waals surface area contributed by atoms with Crippen molar-refractivity contribution in [1.82, 2.24) is 10.2 Å². The van der Waals surface area contributed by atoms with Gasteiger partial charge in [-0.25, -0.2) is 0 Å². The normalized spacial score (nSPS) is 36.0. The molecule has 0 radical (unpaired) electrons. The van der Waals surface area contributed by atoms with Gasteiger partial charge < -0.3 is 10.1 Å². The quantitative estimate of drug-likeness (QED) is 0.812. The SMILES string of the molecule is CCC1CN(CC2CCCOC2)C(CC)CN1. The number of ether oxygens (including phenoxy) is 1. The molecule has 2 rings (SSSR count). The van der Waals surface area contributed by atoms with Crippen LogP contribution in [0.1, 0.15) is 39.5 Å². The fourth-order valence-electron chi connectivity index (χ4n) is 3.11. The average Bonchev–Trinajstić information content (AvgIpc) is 2.40. The summed E-state index contributed by atoms with van der Waals surface area (Å²) < 4.78 is 5.60. The van der Waals surface area contributed by atoms with E-state index in [1.54, 1.807) is 0 Å². The number of nitrogens with zero attached hydrogens (tertiary/aromatic N) is 1. The summed E-state index contributed by atoms with van der Waals surface area (Å²) in [4.78, 5) is 2.71. The van der Waals surface area contributed by atoms with Crippen molar-refractivity contribution in [1.29, 1.82) is 0 Å². The summed E-state index contributed by atoms with van der Waals surface area (Å²) in [5.74, 6) is 0.772. The number of nitrogens with one attached hydrogen (secondary N) is 1. The largest absolute Gasteiger partial charge is 0.381 e. The third-order valence-electron chi connectivity index (χ3n) is 4.32. The van der Waals surface area contributed by atoms with Crippen molar-refractivity contribution in [3.05, 3.63) is 0 Å². The van der Waals surface area contributed by atoms with E-state index in [2.05, 4.69) is 24.1 Å². The minimum absolute atomic E-state index is 0.697. The van der Waals surface area contributed by atoms with Crippen molar-refractivity contribution in [2.24, 2.45) is 5.92 Å². The van der Waals surface area contributed by atoms with Crippen LogP contribution in [0, 0.1) is 5.92 Å². The second kappa shape index (κ2) is 6.72. The molecule has 2 aliphatic heterocycles. The third-order valence-corrected chi connectivity index (χ3v) is 4.32. The van der Waals surface area contributed by atoms with Crippen LogP contribution in [0.15, 0.2) is 0 Å². The summed E-state index contributed by atoms with van der Waals surface area (Å²) in [6.45, 7) is 10.2. The topological polar surface area (TPSA) is 24.5 Å². The Bertz CT molecular complexity index is 216. The number of hydrogen-bond donors (Lipinski definition) is 1. The number of piperazine rings is 1. The average molecular weight is 240 g/mol. The maximum absolute atomic E-state index is 5.60. The first kappa shape index (κ1) is 13.3. The van der Waals surface area contributed by atoms with Gasteiger partial charge in [-0.1, -0.05) is 13.8 Å². The zero-order valence-corrected chi connectivity index (χ0v) is 11.5. The fraction of sp³-hybridized carbons (Fsp3) is 1.00. The molecule has 3 atom stereocenters. The third kappa shape index (κ3) is 3.67. The Labute approximate surface area is 106 Å². The van der Waals surface area contributed by atoms with E-state index in [9.17, 15) is 0 Å². The Balaban J connectivity index is 1.85. The molecular formula is C14H28N2O. The first-order chi connectivity index (χ1) is 8.33. The molecule has 1 N–H and O–H groups in total. The van der Waals surface area contributed by atoms with Crippen molar-refractivity contribution in [3.63, 3.8) is 0 Å². The highest BCUT2D eigenvalue weighted by Gasteiger charge is 2.28. The molecule has 3 nitrogen and oxygen atoms in total. The molecule has 100 valence electrons. The zero-order chi connectivity index (χ0) is 12.1. The van der Waals surface area contributed by atoms with Crippen molar-refractivity contribution >= 4 is 0 Å². The molecule has 2 fully saturated rings. The van der Waals surface area contributed by atoms with Crippen LogP contribution in [0.25, 0.3) is 0 Å². The Morgan fingerprint density at radius 1 is 1.29 bits per heavy atom. The van der Waals surface area contributed by atoms with Crippen LogP contribution in [0.4, 0.5) is 0 Å². The second-order valence-electron chi connectivity index (χ2n) is 5.61. The van der Waals surface area contributed by atoms with Gasteiger partial charge in [0.1, 0.15) is 0 Å². The van der Waals surface area contributed by atoms with E-state index in [1.807, 2.05) is 0 Å². The van der Waals surface area contributed by atoms with Crippen LogP contribution in [-0.4, -0.2) is 49.8 Å². The Morgan fingerprint density at radius 2 is 2.18 bits per heavy atom. The van der Waals surface area contributed by atoms with Gasteiger partial charge in [0.15, 0.2) is 0 Å². The minimum atomic E-state index is 0.697. The Kier molecular flexibility index (Phi) is 5.26. The molecule has 0 bridgehead atoms. The fourth-order valence-corrected chi connectivity index (χ4v) is 3.11. The first-order valence-electron chi connectivity index (χ1n) is 7.38. The van der Waals surface area contributed by atoms with Crippen LogP contribution >= 0.6 is 0 Å². The maximum Gasteiger partial charge on any atom is 0.0506 e. The molecule has 2 heterocycles. The lowest BCUT2D eigenvalue weighted by Crippen LogP contribution is -2.57. The van der Waals surface area contributed by atoms with Crippen LogP contribution < -0.4 is 5.32 Å². The van der Waals surface area contributed by atoms with Gasteiger partial charge in [0.05, 0.1) is 6.61 Å². The van der Waals surface area contributed by atoms with Crippen LogP contribution in [0.3, 0.4) is 0 Å². The van der Waals surface area contributed by atoms with E-state index in [-0.39, 0.29) is 0 Å². The van der Waals surface area contributed by atoms with E-state index in [0.29, 0.717) is 6.04 Å². The molecule has 0 aromatic heterocycles. The molecule has 0 amide bonds. The van der Waals surface area contributed by atoms with Crippen molar-refractivity contribution < 1.29 is 4.74 Å². The zero-order valence-electron chi connectivity index (χ0n) is 11.5. The first-order valence-corrected chi connectivity index (χ1v) is 7.38. The van der Waals surface area contributed by atoms with Crippen LogP contribution in [0.5, 0.6) is 0 Å². The smallest absolute Gasteiger partial charge is 0.0506 e. The standard InChI is InChI=1S/C14H28N2O/c1-3-13-10-16(14(4-2)8-15-13)9-12-6-5-7-17-11-12/h12-15H,3-11H2,1-2H3. The summed E-state index contributed by atoms with van der Waals surface area (Å²) in [5, 5.41) is 3.66. The van der Waals surface area contributed by atoms with Gasteiger partial charge >= 0.3 is 0 Å². The second-order valence-corrected chi connectivity index (χ2v) is 5.61. The van der Waals surface area contributed by atoms with Crippen molar-refractivity contribution in [2.75, 3.05) is 32.8 Å². The van der Waals surface area contributed by atoms with E-state index in [0.717, 1.165) is 25.2 Å². The van der Waals surface area contributed by atoms with E-state index in [4.69, 9.17) is 4.74 Å². The molecule has 3 heteroatoms. The summed E-state index contributed by atoms with van der Waals surface area (Å²) in [6, 6.07) is 1.43. The monoisotopic (exact) mass is 240 g/mol. The van der Waals surface area contributed by atoms with Gasteiger partial charge in [0.25, 0.3) is 0 Å². The number of hydrogen-bond acceptors (Lipinski definition) is 3. The molecule has 17 heavy (non-hydrogen) atoms. The van der Waals surface area contributed by atoms with Crippen molar-refractivity contribution in [2.45, 2.75) is 51.6 Å². The summed E-state index contributed by atoms with van der Waals surface area (Å²) in [5.41, 5.74) is 0. The Hall–Kier alpha value is -0.120. The van der Waals surface area contributed by atoms with E-state index >= 15 is 0 Å². The van der Waals surface area contributed by atoms with Gasteiger partial charge in [0.2, 0.25) is 0 Å². The molecule has 0 aliphatic carbocycles. The minimum Gasteiger partial charge on any atom is -0.381 e. The lowest BCUT2D eigenvalue weighted by Gasteiger charge is -2.42. The lowest BCUT2D eigenvalue weighted by molar-refractivity contribution is 0.0210. The van der Waals surface area contributed by atoms with Crippen molar-refractivity contribution in [3.8, 4) is 0 Å². The van der Waals surface area contributed by atoms with E-state index < -0.39 is 0 Å². The van der Waals surface area contributed by atoms with Crippen LogP contribution in [0.2, 0.25) is 0 Å². The summed E-state index contributed by atoms with van der Waals surface area (Å²) in [6.07, 6.45) is 5.12. The molecule has 3 unspecified atom stereocenters. The van der Waals surface area contributed by atoms with Gasteiger partial charge in [-0.15, -0.1) is 0 Å². The van der Waals surface area contributed by atoms with Crippen LogP contribution in [-0.2, 0) is 4.74 Å². The molecule has 2 saturated heterocycles. The number of rotatable bonds is 4. The predicted molar refractivity (Wildman–Crippen MR) is 71.3 cm³/mol. The summed E-state index contributed by atoms with van der Waals surface area (Å²) >= 11 is 0. The molecule has 0 spiro atoms. The lowest BCUT2D eigenvalue weighted by atomic mass is 9.98. The Morgan fingerprint density at radius 3 is 2.82 bits per heavy atom.